The van der Waals surface area contributed by atoms with Gasteiger partial charge in [-0.15, -0.1) is 0 Å². The van der Waals surface area contributed by atoms with Crippen LogP contribution in [0.5, 0.6) is 0 Å². The van der Waals surface area contributed by atoms with Crippen LogP contribution in [-0.4, -0.2) is 34.7 Å². The van der Waals surface area contributed by atoms with E-state index in [9.17, 15) is 9.59 Å². The highest BCUT2D eigenvalue weighted by atomic mass is 16.7. The summed E-state index contributed by atoms with van der Waals surface area (Å²) >= 11 is 0. The van der Waals surface area contributed by atoms with Crippen LogP contribution in [0, 0.1) is 6.92 Å². The molecular formula is C17H18N4O4. The first-order chi connectivity index (χ1) is 12.0. The van der Waals surface area contributed by atoms with Crippen molar-refractivity contribution in [3.8, 4) is 0 Å². The quantitative estimate of drug-likeness (QED) is 0.810. The highest BCUT2D eigenvalue weighted by Crippen LogP contribution is 2.28. The molecule has 3 rings (SSSR count). The van der Waals surface area contributed by atoms with Crippen LogP contribution in [0.3, 0.4) is 0 Å². The van der Waals surface area contributed by atoms with Gasteiger partial charge in [-0.25, -0.2) is 4.98 Å². The largest absolute Gasteiger partial charge is 0.448 e. The van der Waals surface area contributed by atoms with Gasteiger partial charge in [-0.05, 0) is 5.56 Å². The number of rotatable bonds is 6. The van der Waals surface area contributed by atoms with E-state index in [0.717, 1.165) is 5.56 Å². The molecule has 0 fully saturated rings. The fourth-order valence-corrected chi connectivity index (χ4v) is 2.62. The predicted molar refractivity (Wildman–Crippen MR) is 88.8 cm³/mol. The molecule has 0 saturated heterocycles. The summed E-state index contributed by atoms with van der Waals surface area (Å²) in [6, 6.07) is 9.42. The number of hydrogen-bond acceptors (Lipinski definition) is 6. The number of nitrogens with zero attached hydrogens (tertiary/aromatic N) is 2. The topological polar surface area (TPSA) is 120 Å². The van der Waals surface area contributed by atoms with Crippen LogP contribution in [0.2, 0.25) is 0 Å². The molecule has 25 heavy (non-hydrogen) atoms. The molecule has 1 atom stereocenters. The summed E-state index contributed by atoms with van der Waals surface area (Å²) in [4.78, 5) is 33.3. The van der Waals surface area contributed by atoms with Crippen LogP contribution in [0.1, 0.15) is 28.4 Å². The number of nitrogens with one attached hydrogen (secondary N) is 1. The molecule has 0 radical (unpaired) electrons. The molecule has 8 nitrogen and oxygen atoms in total. The molecule has 0 saturated carbocycles. The number of benzene rings is 1. The Morgan fingerprint density at radius 1 is 1.32 bits per heavy atom. The number of aromatic nitrogens is 1. The Hall–Kier alpha value is -3.16. The third-order valence-corrected chi connectivity index (χ3v) is 3.93. The number of aryl methyl sites for hydroxylation is 1. The van der Waals surface area contributed by atoms with Crippen LogP contribution < -0.4 is 11.1 Å². The van der Waals surface area contributed by atoms with Crippen LogP contribution in [0.15, 0.2) is 46.2 Å². The molecule has 0 aliphatic carbocycles. The molecule has 0 bridgehead atoms. The van der Waals surface area contributed by atoms with Crippen LogP contribution in [0.25, 0.3) is 0 Å². The van der Waals surface area contributed by atoms with Crippen molar-refractivity contribution in [2.75, 3.05) is 6.54 Å². The van der Waals surface area contributed by atoms with Crippen LogP contribution in [-0.2, 0) is 16.1 Å². The van der Waals surface area contributed by atoms with E-state index in [1.165, 1.54) is 6.26 Å². The number of nitrogens with two attached hydrogens (primary N) is 1. The van der Waals surface area contributed by atoms with Gasteiger partial charge in [-0.3, -0.25) is 9.59 Å². The molecule has 0 spiro atoms. The summed E-state index contributed by atoms with van der Waals surface area (Å²) in [5.41, 5.74) is 5.95. The number of amides is 2. The van der Waals surface area contributed by atoms with E-state index in [1.54, 1.807) is 6.92 Å². The zero-order valence-corrected chi connectivity index (χ0v) is 13.7. The highest BCUT2D eigenvalue weighted by molar-refractivity contribution is 5.99. The maximum atomic E-state index is 12.0. The van der Waals surface area contributed by atoms with Gasteiger partial charge in [0.05, 0.1) is 12.3 Å². The van der Waals surface area contributed by atoms with E-state index in [1.807, 2.05) is 30.3 Å². The molecule has 1 aromatic heterocycles. The minimum absolute atomic E-state index is 0.133. The normalized spacial score (nSPS) is 19.2. The minimum Gasteiger partial charge on any atom is -0.448 e. The summed E-state index contributed by atoms with van der Waals surface area (Å²) < 4.78 is 5.00. The van der Waals surface area contributed by atoms with Gasteiger partial charge in [0, 0.05) is 19.8 Å². The summed E-state index contributed by atoms with van der Waals surface area (Å²) in [7, 11) is 0. The van der Waals surface area contributed by atoms with Crippen molar-refractivity contribution in [2.24, 2.45) is 10.9 Å². The number of primary amides is 1. The maximum Gasteiger partial charge on any atom is 0.273 e. The van der Waals surface area contributed by atoms with Crippen molar-refractivity contribution >= 4 is 17.5 Å². The second-order valence-electron chi connectivity index (χ2n) is 5.88. The average molecular weight is 342 g/mol. The summed E-state index contributed by atoms with van der Waals surface area (Å²) in [6.45, 7) is 1.78. The van der Waals surface area contributed by atoms with Crippen LogP contribution in [0.4, 0.5) is 0 Å². The Bertz CT molecular complexity index is 815. The smallest absolute Gasteiger partial charge is 0.273 e. The van der Waals surface area contributed by atoms with Gasteiger partial charge in [-0.2, -0.15) is 0 Å². The summed E-state index contributed by atoms with van der Waals surface area (Å²) in [5, 5.41) is 6.61. The van der Waals surface area contributed by atoms with Crippen molar-refractivity contribution in [3.63, 3.8) is 0 Å². The van der Waals surface area contributed by atoms with Crippen molar-refractivity contribution in [3.05, 3.63) is 53.7 Å². The van der Waals surface area contributed by atoms with Gasteiger partial charge in [0.1, 0.15) is 6.26 Å². The minimum atomic E-state index is -1.23. The zero-order valence-electron chi connectivity index (χ0n) is 13.7. The van der Waals surface area contributed by atoms with Crippen LogP contribution >= 0.6 is 0 Å². The van der Waals surface area contributed by atoms with Crippen molar-refractivity contribution in [2.45, 2.75) is 25.4 Å². The molecule has 1 unspecified atom stereocenters. The van der Waals surface area contributed by atoms with E-state index in [0.29, 0.717) is 18.0 Å². The SMILES string of the molecule is Cc1nc(C(=O)NCC2=NOC(Cc3ccccc3)(C(N)=O)C2)co1. The van der Waals surface area contributed by atoms with Crippen molar-refractivity contribution in [1.29, 1.82) is 0 Å². The van der Waals surface area contributed by atoms with Gasteiger partial charge in [-0.1, -0.05) is 35.5 Å². The van der Waals surface area contributed by atoms with E-state index in [4.69, 9.17) is 15.0 Å². The standard InChI is InChI=1S/C17H18N4O4/c1-11-20-14(10-24-11)15(22)19-9-13-8-17(16(18)23,25-21-13)7-12-5-3-2-4-6-12/h2-6,10H,7-9H2,1H3,(H2,18,23)(H,19,22). The second kappa shape index (κ2) is 6.76. The molecule has 2 aromatic rings. The summed E-state index contributed by atoms with van der Waals surface area (Å²) in [6.07, 6.45) is 1.81. The molecular weight excluding hydrogens is 324 g/mol. The molecule has 8 heteroatoms. The molecule has 3 N–H and O–H groups in total. The third-order valence-electron chi connectivity index (χ3n) is 3.93. The predicted octanol–water partition coefficient (Wildman–Crippen LogP) is 0.956. The number of carbonyl (C=O) groups excluding carboxylic acids is 2. The Balaban J connectivity index is 1.62. The first-order valence-electron chi connectivity index (χ1n) is 7.76. The maximum absolute atomic E-state index is 12.0. The Morgan fingerprint density at radius 3 is 2.72 bits per heavy atom. The molecule has 130 valence electrons. The average Bonchev–Trinajstić information content (AvgIpc) is 3.21. The Morgan fingerprint density at radius 2 is 2.08 bits per heavy atom. The lowest BCUT2D eigenvalue weighted by molar-refractivity contribution is -0.140. The lowest BCUT2D eigenvalue weighted by atomic mass is 9.89. The monoisotopic (exact) mass is 342 g/mol. The molecule has 2 heterocycles. The third kappa shape index (κ3) is 3.68. The molecule has 1 aromatic carbocycles. The Kier molecular flexibility index (Phi) is 4.51. The number of oxime groups is 1. The Labute approximate surface area is 144 Å². The number of hydrogen-bond donors (Lipinski definition) is 2. The van der Waals surface area contributed by atoms with Gasteiger partial charge in [0.15, 0.2) is 11.6 Å². The van der Waals surface area contributed by atoms with Gasteiger partial charge in [0.25, 0.3) is 11.8 Å². The zero-order chi connectivity index (χ0) is 17.9. The lowest BCUT2D eigenvalue weighted by Gasteiger charge is -2.22. The van der Waals surface area contributed by atoms with Gasteiger partial charge in [0.2, 0.25) is 5.60 Å². The first kappa shape index (κ1) is 16.7. The molecule has 1 aliphatic rings. The van der Waals surface area contributed by atoms with E-state index < -0.39 is 11.5 Å². The van der Waals surface area contributed by atoms with Gasteiger partial charge >= 0.3 is 0 Å². The van der Waals surface area contributed by atoms with Crippen molar-refractivity contribution in [1.82, 2.24) is 10.3 Å². The first-order valence-corrected chi connectivity index (χ1v) is 7.76. The molecule has 1 aliphatic heterocycles. The van der Waals surface area contributed by atoms with Gasteiger partial charge < -0.3 is 20.3 Å². The van der Waals surface area contributed by atoms with E-state index in [-0.39, 0.29) is 24.6 Å². The lowest BCUT2D eigenvalue weighted by Crippen LogP contribution is -2.46. The summed E-state index contributed by atoms with van der Waals surface area (Å²) in [5.74, 6) is -0.574. The number of oxazole rings is 1. The van der Waals surface area contributed by atoms with E-state index in [2.05, 4.69) is 15.5 Å². The fourth-order valence-electron chi connectivity index (χ4n) is 2.62. The van der Waals surface area contributed by atoms with E-state index >= 15 is 0 Å². The fraction of sp³-hybridized carbons (Fsp3) is 0.294. The molecule has 2 amide bonds. The second-order valence-corrected chi connectivity index (χ2v) is 5.88. The highest BCUT2D eigenvalue weighted by Gasteiger charge is 2.45. The number of carbonyl (C=O) groups is 2. The van der Waals surface area contributed by atoms with Crippen molar-refractivity contribution < 1.29 is 18.8 Å².